The Morgan fingerprint density at radius 3 is 2.70 bits per heavy atom. The van der Waals surface area contributed by atoms with E-state index in [1.807, 2.05) is 0 Å². The van der Waals surface area contributed by atoms with Gasteiger partial charge in [-0.15, -0.1) is 0 Å². The summed E-state index contributed by atoms with van der Waals surface area (Å²) in [5, 5.41) is 0. The fraction of sp³-hybridized carbons (Fsp3) is 0.792. The predicted octanol–water partition coefficient (Wildman–Crippen LogP) is 5.34. The number of nitrogens with zero attached hydrogens (tertiary/aromatic N) is 3. The summed E-state index contributed by atoms with van der Waals surface area (Å²) in [7, 11) is 0. The zero-order valence-electron chi connectivity index (χ0n) is 19.9. The molecule has 2 unspecified atom stereocenters. The van der Waals surface area contributed by atoms with Crippen LogP contribution in [0, 0.1) is 16.7 Å². The van der Waals surface area contributed by atoms with Crippen LogP contribution in [0.3, 0.4) is 0 Å². The third-order valence-electron chi connectivity index (χ3n) is 7.21. The smallest absolute Gasteiger partial charge is 0.253 e. The van der Waals surface area contributed by atoms with E-state index in [0.717, 1.165) is 62.2 Å². The second-order valence-electron chi connectivity index (χ2n) is 10.6. The van der Waals surface area contributed by atoms with Gasteiger partial charge in [0.1, 0.15) is 4.67 Å². The van der Waals surface area contributed by atoms with E-state index in [4.69, 9.17) is 9.73 Å². The molecule has 3 rings (SSSR count). The molecule has 5 nitrogen and oxygen atoms in total. The molecular formula is C24H39N3O2S. The molecule has 2 atom stereocenters. The van der Waals surface area contributed by atoms with E-state index in [-0.39, 0.29) is 22.8 Å². The van der Waals surface area contributed by atoms with Crippen LogP contribution in [0.4, 0.5) is 0 Å². The Hall–Kier alpha value is -1.43. The second kappa shape index (κ2) is 8.60. The maximum atomic E-state index is 13.6. The van der Waals surface area contributed by atoms with Crippen LogP contribution in [0.1, 0.15) is 86.1 Å². The summed E-state index contributed by atoms with van der Waals surface area (Å²) in [6.07, 6.45) is 8.14. The van der Waals surface area contributed by atoms with Crippen molar-refractivity contribution in [3.63, 3.8) is 0 Å². The predicted molar refractivity (Wildman–Crippen MR) is 124 cm³/mol. The minimum Gasteiger partial charge on any atom is -0.481 e. The molecule has 0 aromatic carbocycles. The van der Waals surface area contributed by atoms with Crippen molar-refractivity contribution in [2.75, 3.05) is 13.2 Å². The summed E-state index contributed by atoms with van der Waals surface area (Å²) >= 11 is 1.61. The van der Waals surface area contributed by atoms with Crippen molar-refractivity contribution in [3.8, 4) is 0 Å². The van der Waals surface area contributed by atoms with Crippen molar-refractivity contribution < 1.29 is 9.53 Å². The second-order valence-corrected chi connectivity index (χ2v) is 11.6. The molecule has 0 saturated heterocycles. The fourth-order valence-electron chi connectivity index (χ4n) is 4.55. The molecule has 0 spiro atoms. The first-order chi connectivity index (χ1) is 14.0. The maximum absolute atomic E-state index is 13.6. The minimum absolute atomic E-state index is 0.00654. The highest BCUT2D eigenvalue weighted by Crippen LogP contribution is 2.57. The Kier molecular flexibility index (Phi) is 6.66. The Morgan fingerprint density at radius 1 is 1.37 bits per heavy atom. The Balaban J connectivity index is 1.95. The quantitative estimate of drug-likeness (QED) is 0.630. The van der Waals surface area contributed by atoms with Gasteiger partial charge in [-0.3, -0.25) is 13.7 Å². The van der Waals surface area contributed by atoms with Gasteiger partial charge >= 0.3 is 0 Å². The highest BCUT2D eigenvalue weighted by Gasteiger charge is 2.58. The van der Waals surface area contributed by atoms with E-state index in [1.165, 1.54) is 5.56 Å². The summed E-state index contributed by atoms with van der Waals surface area (Å²) in [6, 6.07) is 0. The molecule has 2 heterocycles. The lowest BCUT2D eigenvalue weighted by Gasteiger charge is -2.39. The maximum Gasteiger partial charge on any atom is 0.253 e. The van der Waals surface area contributed by atoms with Gasteiger partial charge in [0.15, 0.2) is 5.90 Å². The number of aryl methyl sites for hydroxylation is 1. The van der Waals surface area contributed by atoms with Crippen molar-refractivity contribution in [1.82, 2.24) is 3.96 Å². The molecule has 1 saturated carbocycles. The van der Waals surface area contributed by atoms with E-state index in [2.05, 4.69) is 63.6 Å². The number of rotatable bonds is 5. The van der Waals surface area contributed by atoms with E-state index >= 15 is 0 Å². The number of ether oxygens (including phenoxy) is 1. The average Bonchev–Trinajstić information content (AvgIpc) is 3.20. The van der Waals surface area contributed by atoms with Gasteiger partial charge in [0.25, 0.3) is 5.91 Å². The van der Waals surface area contributed by atoms with Crippen LogP contribution in [-0.2, 0) is 21.5 Å². The summed E-state index contributed by atoms with van der Waals surface area (Å²) < 4.78 is 9.02. The summed E-state index contributed by atoms with van der Waals surface area (Å²) in [5.41, 5.74) is 0.422. The summed E-state index contributed by atoms with van der Waals surface area (Å²) in [6.45, 7) is 16.8. The lowest BCUT2D eigenvalue weighted by molar-refractivity contribution is -0.132. The summed E-state index contributed by atoms with van der Waals surface area (Å²) in [4.78, 5) is 23.0. The normalized spacial score (nSPS) is 27.1. The SMILES string of the molecule is CCCCc1cn(C(C)(C)C)sc1=NC(=O)C1(C)CCC(C2=NCCCO2)C1(C)C. The lowest BCUT2D eigenvalue weighted by Crippen LogP contribution is -2.43. The van der Waals surface area contributed by atoms with Crippen molar-refractivity contribution in [3.05, 3.63) is 16.4 Å². The fourth-order valence-corrected chi connectivity index (χ4v) is 5.59. The van der Waals surface area contributed by atoms with Gasteiger partial charge in [-0.05, 0) is 63.4 Å². The molecule has 1 fully saturated rings. The van der Waals surface area contributed by atoms with E-state index in [9.17, 15) is 4.79 Å². The number of unbranched alkanes of at least 4 members (excludes halogenated alkanes) is 1. The van der Waals surface area contributed by atoms with Crippen LogP contribution < -0.4 is 4.67 Å². The molecule has 6 heteroatoms. The highest BCUT2D eigenvalue weighted by atomic mass is 32.1. The first-order valence-electron chi connectivity index (χ1n) is 11.5. The minimum atomic E-state index is -0.514. The topological polar surface area (TPSA) is 56.0 Å². The zero-order valence-corrected chi connectivity index (χ0v) is 20.7. The van der Waals surface area contributed by atoms with Gasteiger partial charge < -0.3 is 4.74 Å². The Labute approximate surface area is 185 Å². The van der Waals surface area contributed by atoms with Gasteiger partial charge in [0.2, 0.25) is 0 Å². The van der Waals surface area contributed by atoms with Gasteiger partial charge in [0.05, 0.1) is 12.0 Å². The summed E-state index contributed by atoms with van der Waals surface area (Å²) in [5.74, 6) is 1.05. The van der Waals surface area contributed by atoms with Crippen molar-refractivity contribution in [2.24, 2.45) is 26.7 Å². The van der Waals surface area contributed by atoms with Crippen LogP contribution in [0.2, 0.25) is 0 Å². The third kappa shape index (κ3) is 4.30. The van der Waals surface area contributed by atoms with E-state index in [0.29, 0.717) is 0 Å². The zero-order chi connectivity index (χ0) is 22.2. The number of aromatic nitrogens is 1. The number of hydrogen-bond acceptors (Lipinski definition) is 4. The molecule has 1 aliphatic carbocycles. The molecule has 0 bridgehead atoms. The van der Waals surface area contributed by atoms with E-state index < -0.39 is 5.41 Å². The molecule has 1 aromatic heterocycles. The molecule has 1 amide bonds. The Morgan fingerprint density at radius 2 is 2.10 bits per heavy atom. The first-order valence-corrected chi connectivity index (χ1v) is 12.3. The first kappa shape index (κ1) is 23.2. The number of amides is 1. The number of hydrogen-bond donors (Lipinski definition) is 0. The van der Waals surface area contributed by atoms with Gasteiger partial charge in [-0.2, -0.15) is 0 Å². The van der Waals surface area contributed by atoms with Crippen LogP contribution in [0.15, 0.2) is 16.2 Å². The molecule has 0 N–H and O–H groups in total. The molecule has 0 radical (unpaired) electrons. The number of aliphatic imine (C=N–C) groups is 1. The number of carbonyl (C=O) groups excluding carboxylic acids is 1. The van der Waals surface area contributed by atoms with Crippen LogP contribution >= 0.6 is 11.5 Å². The number of carbonyl (C=O) groups is 1. The van der Waals surface area contributed by atoms with Crippen LogP contribution in [0.5, 0.6) is 0 Å². The largest absolute Gasteiger partial charge is 0.481 e. The molecule has 168 valence electrons. The van der Waals surface area contributed by atoms with Crippen molar-refractivity contribution >= 4 is 23.3 Å². The standard InChI is InChI=1S/C24H39N3O2S/c1-8-9-11-17-16-27(22(2,3)4)30-20(17)26-21(28)24(7)13-12-18(23(24,5)6)19-25-14-10-15-29-19/h16,18H,8-15H2,1-7H3. The third-order valence-corrected chi connectivity index (χ3v) is 8.59. The average molecular weight is 434 g/mol. The van der Waals surface area contributed by atoms with E-state index in [1.54, 1.807) is 11.5 Å². The van der Waals surface area contributed by atoms with Crippen molar-refractivity contribution in [1.29, 1.82) is 0 Å². The Bertz CT molecular complexity index is 872. The van der Waals surface area contributed by atoms with Crippen LogP contribution in [0.25, 0.3) is 0 Å². The monoisotopic (exact) mass is 433 g/mol. The lowest BCUT2D eigenvalue weighted by atomic mass is 9.65. The van der Waals surface area contributed by atoms with Gasteiger partial charge in [-0.1, -0.05) is 34.1 Å². The molecule has 1 aliphatic heterocycles. The van der Waals surface area contributed by atoms with Gasteiger partial charge in [0, 0.05) is 36.2 Å². The van der Waals surface area contributed by atoms with Gasteiger partial charge in [-0.25, -0.2) is 4.99 Å². The van der Waals surface area contributed by atoms with Crippen LogP contribution in [-0.4, -0.2) is 28.9 Å². The van der Waals surface area contributed by atoms with Crippen molar-refractivity contribution in [2.45, 2.75) is 92.5 Å². The molecule has 30 heavy (non-hydrogen) atoms. The molecule has 1 aromatic rings. The molecule has 2 aliphatic rings. The highest BCUT2D eigenvalue weighted by molar-refractivity contribution is 7.04. The molecular weight excluding hydrogens is 394 g/mol.